The van der Waals surface area contributed by atoms with Gasteiger partial charge < -0.3 is 10.4 Å². The van der Waals surface area contributed by atoms with Gasteiger partial charge in [-0.3, -0.25) is 4.79 Å². The van der Waals surface area contributed by atoms with Crippen LogP contribution in [0.25, 0.3) is 11.0 Å². The highest BCUT2D eigenvalue weighted by Gasteiger charge is 2.61. The van der Waals surface area contributed by atoms with Crippen molar-refractivity contribution in [1.29, 1.82) is 0 Å². The lowest BCUT2D eigenvalue weighted by Gasteiger charge is -2.44. The van der Waals surface area contributed by atoms with Gasteiger partial charge in [-0.15, -0.1) is 0 Å². The second-order valence-corrected chi connectivity index (χ2v) is 6.89. The molecule has 2 heterocycles. The minimum absolute atomic E-state index is 0.260. The van der Waals surface area contributed by atoms with Gasteiger partial charge in [-0.1, -0.05) is 0 Å². The molecule has 2 aromatic heterocycles. The summed E-state index contributed by atoms with van der Waals surface area (Å²) in [7, 11) is 0. The number of pyridine rings is 2. The van der Waals surface area contributed by atoms with Gasteiger partial charge in [-0.25, -0.2) is 9.97 Å². The molecule has 2 aliphatic rings. The van der Waals surface area contributed by atoms with Crippen LogP contribution in [0, 0.1) is 0 Å². The van der Waals surface area contributed by atoms with Crippen LogP contribution in [0.15, 0.2) is 24.4 Å². The Labute approximate surface area is 141 Å². The lowest BCUT2D eigenvalue weighted by Crippen LogP contribution is -2.62. The molecular weight excluding hydrogens is 335 g/mol. The van der Waals surface area contributed by atoms with Crippen molar-refractivity contribution in [3.63, 3.8) is 0 Å². The summed E-state index contributed by atoms with van der Waals surface area (Å²) in [6, 6.07) is 4.69. The van der Waals surface area contributed by atoms with E-state index in [1.807, 2.05) is 12.1 Å². The van der Waals surface area contributed by atoms with Crippen LogP contribution < -0.4 is 5.32 Å². The van der Waals surface area contributed by atoms with E-state index in [9.17, 15) is 23.1 Å². The highest BCUT2D eigenvalue weighted by molar-refractivity contribution is 5.97. The van der Waals surface area contributed by atoms with Gasteiger partial charge in [0.2, 0.25) is 0 Å². The first-order valence-corrected chi connectivity index (χ1v) is 8.12. The number of hydrogen-bond donors (Lipinski definition) is 2. The molecule has 0 aliphatic heterocycles. The van der Waals surface area contributed by atoms with Gasteiger partial charge in [0.1, 0.15) is 0 Å². The van der Waals surface area contributed by atoms with Crippen LogP contribution in [-0.4, -0.2) is 38.8 Å². The first-order valence-electron chi connectivity index (χ1n) is 8.12. The summed E-state index contributed by atoms with van der Waals surface area (Å²) in [5.41, 5.74) is -0.888. The number of aromatic nitrogens is 2. The average Bonchev–Trinajstić information content (AvgIpc) is 3.36. The number of amides is 1. The van der Waals surface area contributed by atoms with Crippen molar-refractivity contribution in [3.8, 4) is 0 Å². The van der Waals surface area contributed by atoms with Crippen molar-refractivity contribution < 1.29 is 23.1 Å². The lowest BCUT2D eigenvalue weighted by atomic mass is 9.75. The molecule has 2 fully saturated rings. The third-order valence-electron chi connectivity index (χ3n) is 4.85. The molecule has 132 valence electrons. The van der Waals surface area contributed by atoms with Gasteiger partial charge in [0.15, 0.2) is 11.2 Å². The molecule has 2 N–H and O–H groups in total. The smallest absolute Gasteiger partial charge is 0.380 e. The Kier molecular flexibility index (Phi) is 3.50. The van der Waals surface area contributed by atoms with E-state index in [4.69, 9.17) is 0 Å². The van der Waals surface area contributed by atoms with Crippen molar-refractivity contribution in [3.05, 3.63) is 35.7 Å². The molecule has 5 nitrogen and oxygen atoms in total. The summed E-state index contributed by atoms with van der Waals surface area (Å²) < 4.78 is 37.8. The Morgan fingerprint density at radius 1 is 1.28 bits per heavy atom. The first-order chi connectivity index (χ1) is 11.7. The van der Waals surface area contributed by atoms with E-state index < -0.39 is 36.6 Å². The van der Waals surface area contributed by atoms with E-state index >= 15 is 0 Å². The highest BCUT2D eigenvalue weighted by atomic mass is 19.4. The molecule has 2 aliphatic carbocycles. The molecule has 0 atom stereocenters. The summed E-state index contributed by atoms with van der Waals surface area (Å²) in [4.78, 5) is 20.9. The third kappa shape index (κ3) is 2.95. The van der Waals surface area contributed by atoms with Crippen LogP contribution in [0.2, 0.25) is 0 Å². The first kappa shape index (κ1) is 16.3. The maximum atomic E-state index is 12.6. The number of aliphatic hydroxyl groups is 1. The predicted molar refractivity (Wildman–Crippen MR) is 83.0 cm³/mol. The molecule has 0 spiro atoms. The molecule has 0 aromatic carbocycles. The van der Waals surface area contributed by atoms with Gasteiger partial charge in [0, 0.05) is 42.1 Å². The van der Waals surface area contributed by atoms with Gasteiger partial charge in [0.05, 0.1) is 5.56 Å². The number of hydrogen-bond acceptors (Lipinski definition) is 4. The topological polar surface area (TPSA) is 75.1 Å². The number of fused-ring (bicyclic) bond motifs is 1. The standard InChI is InChI=1S/C17H16F3N3O2/c18-17(19,20)16(25)6-12(7-16)22-15(24)11-5-10-3-4-13(9-1-2-9)23-14(10)21-8-11/h3-5,8-9,12,25H,1-2,6-7H2,(H,22,24). The number of rotatable bonds is 3. The Morgan fingerprint density at radius 3 is 2.64 bits per heavy atom. The molecule has 1 amide bonds. The van der Waals surface area contributed by atoms with Crippen molar-refractivity contribution in [2.75, 3.05) is 0 Å². The second kappa shape index (κ2) is 5.39. The van der Waals surface area contributed by atoms with E-state index in [1.165, 1.54) is 6.20 Å². The quantitative estimate of drug-likeness (QED) is 0.892. The molecule has 0 unspecified atom stereocenters. The molecule has 0 bridgehead atoms. The maximum absolute atomic E-state index is 12.6. The molecule has 4 rings (SSSR count). The molecule has 0 radical (unpaired) electrons. The minimum atomic E-state index is -4.68. The zero-order valence-corrected chi connectivity index (χ0v) is 13.2. The number of alkyl halides is 3. The van der Waals surface area contributed by atoms with E-state index in [1.54, 1.807) is 6.07 Å². The molecular formula is C17H16F3N3O2. The number of nitrogens with zero attached hydrogens (tertiary/aromatic N) is 2. The summed E-state index contributed by atoms with van der Waals surface area (Å²) >= 11 is 0. The van der Waals surface area contributed by atoms with Crippen LogP contribution in [0.1, 0.15) is 47.7 Å². The fourth-order valence-corrected chi connectivity index (χ4v) is 3.11. The summed E-state index contributed by atoms with van der Waals surface area (Å²) in [5.74, 6) is -0.00457. The zero-order valence-electron chi connectivity index (χ0n) is 13.2. The van der Waals surface area contributed by atoms with E-state index in [-0.39, 0.29) is 5.56 Å². The zero-order chi connectivity index (χ0) is 17.8. The van der Waals surface area contributed by atoms with E-state index in [0.29, 0.717) is 17.0 Å². The summed E-state index contributed by atoms with van der Waals surface area (Å²) in [5, 5.41) is 12.6. The van der Waals surface area contributed by atoms with Crippen LogP contribution >= 0.6 is 0 Å². The second-order valence-electron chi connectivity index (χ2n) is 6.89. The van der Waals surface area contributed by atoms with Crippen molar-refractivity contribution >= 4 is 16.9 Å². The summed E-state index contributed by atoms with van der Waals surface area (Å²) in [6.07, 6.45) is -2.11. The SMILES string of the molecule is O=C(NC1CC(O)(C(F)(F)F)C1)c1cnc2nc(C3CC3)ccc2c1. The van der Waals surface area contributed by atoms with Crippen LogP contribution in [0.5, 0.6) is 0 Å². The van der Waals surface area contributed by atoms with Gasteiger partial charge in [-0.2, -0.15) is 13.2 Å². The minimum Gasteiger partial charge on any atom is -0.380 e. The molecule has 0 saturated heterocycles. The van der Waals surface area contributed by atoms with Gasteiger partial charge in [-0.05, 0) is 31.0 Å². The van der Waals surface area contributed by atoms with Crippen LogP contribution in [-0.2, 0) is 0 Å². The van der Waals surface area contributed by atoms with Gasteiger partial charge in [0.25, 0.3) is 5.91 Å². The molecule has 25 heavy (non-hydrogen) atoms. The predicted octanol–water partition coefficient (Wildman–Crippen LogP) is 2.69. The van der Waals surface area contributed by atoms with Crippen LogP contribution in [0.4, 0.5) is 13.2 Å². The summed E-state index contributed by atoms with van der Waals surface area (Å²) in [6.45, 7) is 0. The fraction of sp³-hybridized carbons (Fsp3) is 0.471. The molecule has 8 heteroatoms. The van der Waals surface area contributed by atoms with Crippen molar-refractivity contribution in [1.82, 2.24) is 15.3 Å². The molecule has 2 saturated carbocycles. The number of nitrogens with one attached hydrogen (secondary N) is 1. The van der Waals surface area contributed by atoms with E-state index in [0.717, 1.165) is 18.5 Å². The Balaban J connectivity index is 1.45. The third-order valence-corrected chi connectivity index (χ3v) is 4.85. The average molecular weight is 351 g/mol. The lowest BCUT2D eigenvalue weighted by molar-refractivity contribution is -0.291. The Morgan fingerprint density at radius 2 is 2.00 bits per heavy atom. The van der Waals surface area contributed by atoms with E-state index in [2.05, 4.69) is 15.3 Å². The number of carbonyl (C=O) groups excluding carboxylic acids is 1. The Hall–Kier alpha value is -2.22. The Bertz CT molecular complexity index is 843. The van der Waals surface area contributed by atoms with Crippen molar-refractivity contribution in [2.24, 2.45) is 0 Å². The highest BCUT2D eigenvalue weighted by Crippen LogP contribution is 2.45. The van der Waals surface area contributed by atoms with Crippen molar-refractivity contribution in [2.45, 2.75) is 49.4 Å². The largest absolute Gasteiger partial charge is 0.417 e. The number of carbonyl (C=O) groups is 1. The number of halogens is 3. The monoisotopic (exact) mass is 351 g/mol. The normalized spacial score (nSPS) is 26.3. The maximum Gasteiger partial charge on any atom is 0.417 e. The molecule has 2 aromatic rings. The fourth-order valence-electron chi connectivity index (χ4n) is 3.11. The van der Waals surface area contributed by atoms with Crippen LogP contribution in [0.3, 0.4) is 0 Å². The van der Waals surface area contributed by atoms with Gasteiger partial charge >= 0.3 is 6.18 Å².